The zero-order chi connectivity index (χ0) is 20.1. The van der Waals surface area contributed by atoms with Crippen LogP contribution < -0.4 is 0 Å². The molecule has 2 aromatic rings. The van der Waals surface area contributed by atoms with E-state index in [1.807, 2.05) is 12.1 Å². The van der Waals surface area contributed by atoms with Crippen molar-refractivity contribution in [3.63, 3.8) is 0 Å². The Hall–Kier alpha value is -2.35. The molecule has 0 aromatic heterocycles. The minimum absolute atomic E-state index is 0.252. The molecule has 0 heterocycles. The molecule has 0 saturated heterocycles. The van der Waals surface area contributed by atoms with Gasteiger partial charge in [0, 0.05) is 0 Å². The summed E-state index contributed by atoms with van der Waals surface area (Å²) in [5.41, 5.74) is 7.40. The fourth-order valence-electron chi connectivity index (χ4n) is 4.22. The molecule has 0 amide bonds. The van der Waals surface area contributed by atoms with Gasteiger partial charge in [0.05, 0.1) is 5.56 Å². The summed E-state index contributed by atoms with van der Waals surface area (Å²) >= 11 is 0. The fraction of sp³-hybridized carbons (Fsp3) is 0.423. The Morgan fingerprint density at radius 2 is 1.86 bits per heavy atom. The smallest absolute Gasteiger partial charge is 0.335 e. The fourth-order valence-corrected chi connectivity index (χ4v) is 4.22. The minimum Gasteiger partial charge on any atom is -0.478 e. The SMILES string of the molecule is CCCCc1cc2c(cc1C=Cc1ccc(C(=O)O)cc1)CCCCC2(C)C. The number of unbranched alkanes of at least 4 members (excludes halogenated alkanes) is 1. The summed E-state index contributed by atoms with van der Waals surface area (Å²) in [7, 11) is 0. The van der Waals surface area contributed by atoms with Gasteiger partial charge >= 0.3 is 5.97 Å². The van der Waals surface area contributed by atoms with Gasteiger partial charge in [0.2, 0.25) is 0 Å². The maximum atomic E-state index is 11.0. The van der Waals surface area contributed by atoms with Crippen molar-refractivity contribution in [2.75, 3.05) is 0 Å². The van der Waals surface area contributed by atoms with Gasteiger partial charge in [0.25, 0.3) is 0 Å². The van der Waals surface area contributed by atoms with Crippen molar-refractivity contribution in [3.05, 3.63) is 69.8 Å². The molecule has 1 aliphatic rings. The van der Waals surface area contributed by atoms with E-state index in [0.717, 1.165) is 12.0 Å². The second kappa shape index (κ2) is 8.77. The van der Waals surface area contributed by atoms with Crippen LogP contribution in [-0.2, 0) is 18.3 Å². The second-order valence-electron chi connectivity index (χ2n) is 8.66. The third-order valence-corrected chi connectivity index (χ3v) is 6.00. The third-order valence-electron chi connectivity index (χ3n) is 6.00. The highest BCUT2D eigenvalue weighted by Gasteiger charge is 2.26. The van der Waals surface area contributed by atoms with Gasteiger partial charge in [-0.2, -0.15) is 0 Å². The molecule has 0 atom stereocenters. The van der Waals surface area contributed by atoms with Crippen molar-refractivity contribution >= 4 is 18.1 Å². The van der Waals surface area contributed by atoms with Gasteiger partial charge in [-0.3, -0.25) is 0 Å². The summed E-state index contributed by atoms with van der Waals surface area (Å²) < 4.78 is 0. The molecule has 0 fully saturated rings. The average Bonchev–Trinajstić information content (AvgIpc) is 2.82. The highest BCUT2D eigenvalue weighted by molar-refractivity contribution is 5.88. The minimum atomic E-state index is -0.884. The first-order valence-electron chi connectivity index (χ1n) is 10.6. The van der Waals surface area contributed by atoms with Gasteiger partial charge in [0.1, 0.15) is 0 Å². The third kappa shape index (κ3) is 4.73. The molecule has 0 bridgehead atoms. The maximum Gasteiger partial charge on any atom is 0.335 e. The lowest BCUT2D eigenvalue weighted by atomic mass is 9.78. The first kappa shape index (κ1) is 20.4. The number of benzene rings is 2. The summed E-state index contributed by atoms with van der Waals surface area (Å²) in [6.07, 6.45) is 12.8. The predicted octanol–water partition coefficient (Wildman–Crippen LogP) is 6.90. The number of hydrogen-bond acceptors (Lipinski definition) is 1. The van der Waals surface area contributed by atoms with E-state index >= 15 is 0 Å². The maximum absolute atomic E-state index is 11.0. The molecule has 0 aliphatic heterocycles. The molecule has 2 heteroatoms. The van der Waals surface area contributed by atoms with Crippen LogP contribution in [-0.4, -0.2) is 11.1 Å². The van der Waals surface area contributed by atoms with Crippen LogP contribution in [0.15, 0.2) is 36.4 Å². The molecule has 0 saturated carbocycles. The molecule has 28 heavy (non-hydrogen) atoms. The summed E-state index contributed by atoms with van der Waals surface area (Å²) in [4.78, 5) is 11.0. The molecule has 2 nitrogen and oxygen atoms in total. The van der Waals surface area contributed by atoms with Crippen molar-refractivity contribution in [2.24, 2.45) is 0 Å². The lowest BCUT2D eigenvalue weighted by Crippen LogP contribution is -2.18. The molecule has 1 aliphatic carbocycles. The van der Waals surface area contributed by atoms with Gasteiger partial charge in [-0.15, -0.1) is 0 Å². The van der Waals surface area contributed by atoms with Crippen LogP contribution in [0.3, 0.4) is 0 Å². The first-order valence-corrected chi connectivity index (χ1v) is 10.6. The number of carboxylic acid groups (broad SMARTS) is 1. The lowest BCUT2D eigenvalue weighted by molar-refractivity contribution is 0.0697. The number of carbonyl (C=O) groups is 1. The monoisotopic (exact) mass is 376 g/mol. The highest BCUT2D eigenvalue weighted by Crippen LogP contribution is 2.37. The van der Waals surface area contributed by atoms with E-state index in [0.29, 0.717) is 5.56 Å². The zero-order valence-electron chi connectivity index (χ0n) is 17.4. The quantitative estimate of drug-likeness (QED) is 0.440. The Morgan fingerprint density at radius 3 is 2.54 bits per heavy atom. The van der Waals surface area contributed by atoms with E-state index in [4.69, 9.17) is 5.11 Å². The van der Waals surface area contributed by atoms with Crippen LogP contribution >= 0.6 is 0 Å². The molecular weight excluding hydrogens is 344 g/mol. The largest absolute Gasteiger partial charge is 0.478 e. The lowest BCUT2D eigenvalue weighted by Gasteiger charge is -2.27. The molecule has 3 rings (SSSR count). The first-order chi connectivity index (χ1) is 13.4. The van der Waals surface area contributed by atoms with Crippen molar-refractivity contribution < 1.29 is 9.90 Å². The van der Waals surface area contributed by atoms with Crippen LogP contribution in [0.4, 0.5) is 0 Å². The Bertz CT molecular complexity index is 857. The standard InChI is InChI=1S/C26H32O2/c1-4-5-8-21-18-24-23(9-6-7-16-26(24,2)3)17-22(21)15-12-19-10-13-20(14-11-19)25(27)28/h10-15,17-18H,4-9,16H2,1-3H3,(H,27,28). The van der Waals surface area contributed by atoms with Crippen LogP contribution in [0.1, 0.15) is 91.1 Å². The Labute approximate surface area is 169 Å². The number of aromatic carboxylic acids is 1. The van der Waals surface area contributed by atoms with Crippen LogP contribution in [0.5, 0.6) is 0 Å². The van der Waals surface area contributed by atoms with Crippen LogP contribution in [0, 0.1) is 0 Å². The molecule has 2 aromatic carbocycles. The van der Waals surface area contributed by atoms with E-state index in [9.17, 15) is 4.79 Å². The number of aryl methyl sites for hydroxylation is 2. The zero-order valence-corrected chi connectivity index (χ0v) is 17.4. The van der Waals surface area contributed by atoms with Crippen LogP contribution in [0.2, 0.25) is 0 Å². The molecule has 0 spiro atoms. The van der Waals surface area contributed by atoms with Gasteiger partial charge in [-0.1, -0.05) is 70.0 Å². The second-order valence-corrected chi connectivity index (χ2v) is 8.66. The molecule has 1 N–H and O–H groups in total. The Kier molecular flexibility index (Phi) is 6.39. The van der Waals surface area contributed by atoms with Gasteiger partial charge in [-0.25, -0.2) is 4.79 Å². The topological polar surface area (TPSA) is 37.3 Å². The van der Waals surface area contributed by atoms with Gasteiger partial charge in [-0.05, 0) is 77.5 Å². The normalized spacial score (nSPS) is 16.0. The Morgan fingerprint density at radius 1 is 1.11 bits per heavy atom. The van der Waals surface area contributed by atoms with E-state index in [1.165, 1.54) is 55.2 Å². The van der Waals surface area contributed by atoms with E-state index in [1.54, 1.807) is 17.7 Å². The number of rotatable bonds is 6. The van der Waals surface area contributed by atoms with Crippen LogP contribution in [0.25, 0.3) is 12.2 Å². The average molecular weight is 377 g/mol. The van der Waals surface area contributed by atoms with E-state index in [-0.39, 0.29) is 5.41 Å². The summed E-state index contributed by atoms with van der Waals surface area (Å²) in [6.45, 7) is 7.02. The van der Waals surface area contributed by atoms with Gasteiger partial charge < -0.3 is 5.11 Å². The van der Waals surface area contributed by atoms with Crippen molar-refractivity contribution in [2.45, 2.75) is 71.1 Å². The number of carboxylic acids is 1. The molecule has 0 unspecified atom stereocenters. The molecule has 148 valence electrons. The Balaban J connectivity index is 1.96. The predicted molar refractivity (Wildman–Crippen MR) is 118 cm³/mol. The number of fused-ring (bicyclic) bond motifs is 1. The van der Waals surface area contributed by atoms with E-state index in [2.05, 4.69) is 45.1 Å². The molecular formula is C26H32O2. The van der Waals surface area contributed by atoms with Crippen molar-refractivity contribution in [1.29, 1.82) is 0 Å². The highest BCUT2D eigenvalue weighted by atomic mass is 16.4. The molecule has 0 radical (unpaired) electrons. The van der Waals surface area contributed by atoms with E-state index < -0.39 is 5.97 Å². The van der Waals surface area contributed by atoms with Gasteiger partial charge in [0.15, 0.2) is 0 Å². The van der Waals surface area contributed by atoms with Crippen molar-refractivity contribution in [1.82, 2.24) is 0 Å². The summed E-state index contributed by atoms with van der Waals surface area (Å²) in [5, 5.41) is 9.06. The van der Waals surface area contributed by atoms with Crippen molar-refractivity contribution in [3.8, 4) is 0 Å². The summed E-state index contributed by atoms with van der Waals surface area (Å²) in [6, 6.07) is 12.0. The number of hydrogen-bond donors (Lipinski definition) is 1. The summed E-state index contributed by atoms with van der Waals surface area (Å²) in [5.74, 6) is -0.884.